The van der Waals surface area contributed by atoms with Gasteiger partial charge in [-0.2, -0.15) is 0 Å². The van der Waals surface area contributed by atoms with Gasteiger partial charge < -0.3 is 15.2 Å². The highest BCUT2D eigenvalue weighted by Gasteiger charge is 2.05. The van der Waals surface area contributed by atoms with Crippen molar-refractivity contribution in [3.63, 3.8) is 0 Å². The van der Waals surface area contributed by atoms with Gasteiger partial charge in [-0.15, -0.1) is 0 Å². The smallest absolute Gasteiger partial charge is 0.220 e. The molecule has 8 heteroatoms. The van der Waals surface area contributed by atoms with Crippen molar-refractivity contribution in [2.24, 2.45) is 0 Å². The van der Waals surface area contributed by atoms with E-state index in [-0.39, 0.29) is 25.3 Å². The van der Waals surface area contributed by atoms with Gasteiger partial charge in [0.15, 0.2) is 0 Å². The number of nitrogens with one attached hydrogen (secondary N) is 2. The summed E-state index contributed by atoms with van der Waals surface area (Å²) in [6, 6.07) is 0. The Morgan fingerprint density at radius 1 is 1.20 bits per heavy atom. The lowest BCUT2D eigenvalue weighted by atomic mass is 10.3. The van der Waals surface area contributed by atoms with E-state index in [1.165, 1.54) is 7.05 Å². The van der Waals surface area contributed by atoms with Gasteiger partial charge in [0.1, 0.15) is 0 Å². The molecule has 0 rings (SSSR count). The van der Waals surface area contributed by atoms with Crippen molar-refractivity contribution in [3.05, 3.63) is 0 Å². The lowest BCUT2D eigenvalue weighted by Gasteiger charge is -2.07. The fourth-order valence-electron chi connectivity index (χ4n) is 0.756. The van der Waals surface area contributed by atoms with Crippen LogP contribution in [0.5, 0.6) is 0 Å². The normalized spacial score (nSPS) is 10.8. The molecule has 7 nitrogen and oxygen atoms in total. The monoisotopic (exact) mass is 237 g/mol. The van der Waals surface area contributed by atoms with Crippen LogP contribution in [0.2, 0.25) is 0 Å². The maximum atomic E-state index is 11.0. The lowest BCUT2D eigenvalue weighted by molar-refractivity contribution is -0.126. The van der Waals surface area contributed by atoms with E-state index >= 15 is 0 Å². The van der Waals surface area contributed by atoms with Crippen LogP contribution < -0.4 is 10.6 Å². The van der Waals surface area contributed by atoms with Crippen LogP contribution in [0.25, 0.3) is 0 Å². The summed E-state index contributed by atoms with van der Waals surface area (Å²) in [7, 11) is -2.85. The second-order valence-corrected chi connectivity index (χ2v) is 4.31. The number of carbonyl (C=O) groups is 2. The van der Waals surface area contributed by atoms with Gasteiger partial charge in [0, 0.05) is 26.4 Å². The van der Waals surface area contributed by atoms with Crippen LogP contribution in [0.1, 0.15) is 12.8 Å². The van der Waals surface area contributed by atoms with Gasteiger partial charge in [-0.1, -0.05) is 0 Å². The molecule has 0 spiro atoms. The molecule has 0 aromatic carbocycles. The van der Waals surface area contributed by atoms with Crippen molar-refractivity contribution in [2.45, 2.75) is 12.8 Å². The topological polar surface area (TPSA) is 115 Å². The van der Waals surface area contributed by atoms with Crippen LogP contribution in [0.3, 0.4) is 0 Å². The third-order valence-electron chi connectivity index (χ3n) is 1.53. The SMILES string of the molecule is CNC(=O)CCC(=O)NCCS(=O)(=O)[O-]. The standard InChI is InChI=1S/C7H14N2O5S/c1-8-6(10)2-3-7(11)9-4-5-15(12,13)14/h2-5H2,1H3,(H,8,10)(H,9,11)(H,12,13,14)/p-1. The third kappa shape index (κ3) is 9.16. The highest BCUT2D eigenvalue weighted by atomic mass is 32.2. The van der Waals surface area contributed by atoms with Crippen LogP contribution in [-0.2, 0) is 19.7 Å². The summed E-state index contributed by atoms with van der Waals surface area (Å²) < 4.78 is 30.5. The molecule has 0 unspecified atom stereocenters. The summed E-state index contributed by atoms with van der Waals surface area (Å²) in [6.45, 7) is -0.224. The predicted molar refractivity (Wildman–Crippen MR) is 50.9 cm³/mol. The summed E-state index contributed by atoms with van der Waals surface area (Å²) >= 11 is 0. The first-order valence-corrected chi connectivity index (χ1v) is 5.83. The molecule has 0 radical (unpaired) electrons. The van der Waals surface area contributed by atoms with Gasteiger partial charge >= 0.3 is 0 Å². The Bertz CT molecular complexity index is 324. The van der Waals surface area contributed by atoms with E-state index in [0.29, 0.717) is 0 Å². The zero-order chi connectivity index (χ0) is 11.9. The summed E-state index contributed by atoms with van der Waals surface area (Å²) in [5.74, 6) is -1.37. The highest BCUT2D eigenvalue weighted by molar-refractivity contribution is 7.85. The van der Waals surface area contributed by atoms with E-state index in [0.717, 1.165) is 0 Å². The Morgan fingerprint density at radius 3 is 2.20 bits per heavy atom. The molecule has 2 N–H and O–H groups in total. The largest absolute Gasteiger partial charge is 0.748 e. The molecule has 0 heterocycles. The molecule has 0 saturated carbocycles. The molecule has 0 atom stereocenters. The number of amides is 2. The molecule has 0 aromatic heterocycles. The van der Waals surface area contributed by atoms with Crippen molar-refractivity contribution < 1.29 is 22.6 Å². The average molecular weight is 237 g/mol. The number of rotatable bonds is 6. The average Bonchev–Trinajstić information content (AvgIpc) is 2.12. The van der Waals surface area contributed by atoms with Crippen LogP contribution >= 0.6 is 0 Å². The van der Waals surface area contributed by atoms with Crippen LogP contribution in [-0.4, -0.2) is 44.1 Å². The first-order chi connectivity index (χ1) is 6.85. The summed E-state index contributed by atoms with van der Waals surface area (Å²) in [4.78, 5) is 21.7. The third-order valence-corrected chi connectivity index (χ3v) is 2.24. The number of hydrogen-bond acceptors (Lipinski definition) is 5. The van der Waals surface area contributed by atoms with Crippen molar-refractivity contribution in [1.82, 2.24) is 10.6 Å². The minimum absolute atomic E-state index is 0.0292. The molecule has 0 aromatic rings. The van der Waals surface area contributed by atoms with Crippen molar-refractivity contribution >= 4 is 21.9 Å². The fraction of sp³-hybridized carbons (Fsp3) is 0.714. The Balaban J connectivity index is 3.63. The number of carbonyl (C=O) groups excluding carboxylic acids is 2. The van der Waals surface area contributed by atoms with E-state index in [1.807, 2.05) is 0 Å². The molecule has 0 aliphatic rings. The van der Waals surface area contributed by atoms with Gasteiger partial charge in [0.05, 0.1) is 15.9 Å². The molecule has 0 aliphatic carbocycles. The Hall–Kier alpha value is -1.15. The molecule has 2 amide bonds. The molecule has 0 aliphatic heterocycles. The van der Waals surface area contributed by atoms with Crippen LogP contribution in [0.15, 0.2) is 0 Å². The lowest BCUT2D eigenvalue weighted by Crippen LogP contribution is -2.30. The molecule has 15 heavy (non-hydrogen) atoms. The van der Waals surface area contributed by atoms with E-state index in [2.05, 4.69) is 10.6 Å². The molecule has 88 valence electrons. The quantitative estimate of drug-likeness (QED) is 0.527. The first-order valence-electron chi connectivity index (χ1n) is 4.26. The molecule has 0 fully saturated rings. The van der Waals surface area contributed by atoms with Crippen molar-refractivity contribution in [3.8, 4) is 0 Å². The molecular weight excluding hydrogens is 224 g/mol. The van der Waals surface area contributed by atoms with Crippen molar-refractivity contribution in [1.29, 1.82) is 0 Å². The van der Waals surface area contributed by atoms with Gasteiger partial charge in [-0.05, 0) is 0 Å². The Labute approximate surface area is 88.0 Å². The predicted octanol–water partition coefficient (Wildman–Crippen LogP) is -1.83. The summed E-state index contributed by atoms with van der Waals surface area (Å²) in [5, 5.41) is 4.56. The van der Waals surface area contributed by atoms with E-state index in [4.69, 9.17) is 0 Å². The molecular formula is C7H13N2O5S-. The van der Waals surface area contributed by atoms with E-state index < -0.39 is 21.8 Å². The second-order valence-electron chi connectivity index (χ2n) is 2.78. The molecule has 0 saturated heterocycles. The zero-order valence-electron chi connectivity index (χ0n) is 8.28. The Kier molecular flexibility index (Phi) is 5.87. The van der Waals surface area contributed by atoms with Gasteiger partial charge in [-0.3, -0.25) is 9.59 Å². The highest BCUT2D eigenvalue weighted by Crippen LogP contribution is 1.88. The maximum absolute atomic E-state index is 11.0. The first kappa shape index (κ1) is 13.8. The number of hydrogen-bond donors (Lipinski definition) is 2. The van der Waals surface area contributed by atoms with Crippen LogP contribution in [0, 0.1) is 0 Å². The van der Waals surface area contributed by atoms with E-state index in [9.17, 15) is 22.6 Å². The summed E-state index contributed by atoms with van der Waals surface area (Å²) in [6.07, 6.45) is 0.00500. The van der Waals surface area contributed by atoms with Gasteiger partial charge in [-0.25, -0.2) is 8.42 Å². The van der Waals surface area contributed by atoms with Gasteiger partial charge in [0.2, 0.25) is 11.8 Å². The van der Waals surface area contributed by atoms with Crippen molar-refractivity contribution in [2.75, 3.05) is 19.3 Å². The minimum Gasteiger partial charge on any atom is -0.748 e. The van der Waals surface area contributed by atoms with Crippen LogP contribution in [0.4, 0.5) is 0 Å². The minimum atomic E-state index is -4.30. The fourth-order valence-corrected chi connectivity index (χ4v) is 1.11. The second kappa shape index (κ2) is 6.36. The summed E-state index contributed by atoms with van der Waals surface area (Å²) in [5.41, 5.74) is 0. The maximum Gasteiger partial charge on any atom is 0.220 e. The zero-order valence-corrected chi connectivity index (χ0v) is 9.09. The molecule has 0 bridgehead atoms. The van der Waals surface area contributed by atoms with Gasteiger partial charge in [0.25, 0.3) is 0 Å². The Morgan fingerprint density at radius 2 is 1.73 bits per heavy atom. The van der Waals surface area contributed by atoms with E-state index in [1.54, 1.807) is 0 Å².